The van der Waals surface area contributed by atoms with Gasteiger partial charge < -0.3 is 14.5 Å². The van der Waals surface area contributed by atoms with Crippen molar-refractivity contribution in [2.75, 3.05) is 14.2 Å². The lowest BCUT2D eigenvalue weighted by atomic mass is 10.1. The molecule has 2 aromatic carbocycles. The van der Waals surface area contributed by atoms with Crippen LogP contribution >= 0.6 is 63.7 Å². The minimum absolute atomic E-state index is 0.265. The summed E-state index contributed by atoms with van der Waals surface area (Å²) in [5.74, 6) is 0.320. The number of rotatable bonds is 7. The molecule has 1 N–H and O–H groups in total. The number of ether oxygens (including phenoxy) is 2. The number of carbonyl (C=O) groups excluding carboxylic acids is 2. The van der Waals surface area contributed by atoms with Gasteiger partial charge in [0.05, 0.1) is 50.3 Å². The van der Waals surface area contributed by atoms with Crippen molar-refractivity contribution in [3.05, 3.63) is 95.3 Å². The molecule has 2 heterocycles. The maximum absolute atomic E-state index is 13.7. The van der Waals surface area contributed by atoms with Crippen LogP contribution in [-0.4, -0.2) is 35.3 Å². The van der Waals surface area contributed by atoms with Crippen molar-refractivity contribution < 1.29 is 19.1 Å². The fourth-order valence-electron chi connectivity index (χ4n) is 3.59. The molecule has 4 rings (SSSR count). The Morgan fingerprint density at radius 2 is 1.35 bits per heavy atom. The Kier molecular flexibility index (Phi) is 7.51. The van der Waals surface area contributed by atoms with Crippen molar-refractivity contribution in [2.45, 2.75) is 0 Å². The average Bonchev–Trinajstić information content (AvgIpc) is 3.32. The molecule has 0 atom stereocenters. The van der Waals surface area contributed by atoms with Gasteiger partial charge in [-0.1, -0.05) is 24.3 Å². The van der Waals surface area contributed by atoms with E-state index in [0.29, 0.717) is 52.2 Å². The lowest BCUT2D eigenvalue weighted by Gasteiger charge is -2.14. The molecule has 0 unspecified atom stereocenters. The molecule has 0 aliphatic rings. The Morgan fingerprint density at radius 1 is 0.824 bits per heavy atom. The van der Waals surface area contributed by atoms with E-state index in [1.54, 1.807) is 59.2 Å². The first-order valence-electron chi connectivity index (χ1n) is 9.79. The second kappa shape index (κ2) is 10.2. The molecule has 0 spiro atoms. The molecule has 0 aliphatic carbocycles. The number of para-hydroxylation sites is 2. The number of methoxy groups -OCH3 is 2. The number of ketones is 2. The van der Waals surface area contributed by atoms with Gasteiger partial charge in [0.15, 0.2) is 0 Å². The second-order valence-electron chi connectivity index (χ2n) is 7.04. The van der Waals surface area contributed by atoms with Gasteiger partial charge in [-0.2, -0.15) is 0 Å². The number of halogens is 4. The lowest BCUT2D eigenvalue weighted by Crippen LogP contribution is -2.14. The summed E-state index contributed by atoms with van der Waals surface area (Å²) >= 11 is 14.1. The van der Waals surface area contributed by atoms with Crippen LogP contribution in [0.4, 0.5) is 0 Å². The van der Waals surface area contributed by atoms with Crippen molar-refractivity contribution in [3.8, 4) is 17.2 Å². The van der Waals surface area contributed by atoms with E-state index in [4.69, 9.17) is 9.47 Å². The first-order chi connectivity index (χ1) is 16.3. The fraction of sp³-hybridized carbons (Fsp3) is 0.0833. The maximum Gasteiger partial charge on any atom is 0.215 e. The van der Waals surface area contributed by atoms with E-state index in [-0.39, 0.29) is 17.3 Å². The number of benzene rings is 2. The van der Waals surface area contributed by atoms with E-state index in [9.17, 15) is 9.59 Å². The quantitative estimate of drug-likeness (QED) is 0.204. The lowest BCUT2D eigenvalue weighted by molar-refractivity contribution is 0.101. The Labute approximate surface area is 229 Å². The molecule has 0 fully saturated rings. The number of nitrogens with zero attached hydrogens (tertiary/aromatic N) is 1. The normalized spacial score (nSPS) is 10.9. The van der Waals surface area contributed by atoms with E-state index in [1.807, 2.05) is 0 Å². The molecule has 0 amide bonds. The molecule has 6 nitrogen and oxygen atoms in total. The molecular weight excluding hydrogens is 700 g/mol. The first-order valence-corrected chi connectivity index (χ1v) is 13.0. The van der Waals surface area contributed by atoms with Crippen LogP contribution in [-0.2, 0) is 0 Å². The van der Waals surface area contributed by atoms with Crippen molar-refractivity contribution in [2.24, 2.45) is 0 Å². The Morgan fingerprint density at radius 3 is 1.91 bits per heavy atom. The van der Waals surface area contributed by atoms with E-state index in [2.05, 4.69) is 68.7 Å². The van der Waals surface area contributed by atoms with E-state index in [0.717, 1.165) is 0 Å². The number of carbonyl (C=O) groups is 2. The molecule has 0 saturated carbocycles. The summed E-state index contributed by atoms with van der Waals surface area (Å²) in [5, 5.41) is 0. The van der Waals surface area contributed by atoms with Gasteiger partial charge in [-0.25, -0.2) is 0 Å². The largest absolute Gasteiger partial charge is 0.496 e. The summed E-state index contributed by atoms with van der Waals surface area (Å²) in [5.41, 5.74) is 1.82. The third-order valence-electron chi connectivity index (χ3n) is 5.16. The highest BCUT2D eigenvalue weighted by Gasteiger charge is 2.30. The highest BCUT2D eigenvalue weighted by atomic mass is 79.9. The van der Waals surface area contributed by atoms with Crippen LogP contribution in [0.25, 0.3) is 5.69 Å². The Bertz CT molecular complexity index is 1320. The highest BCUT2D eigenvalue weighted by molar-refractivity contribution is 9.13. The third kappa shape index (κ3) is 4.32. The summed E-state index contributed by atoms with van der Waals surface area (Å²) < 4.78 is 14.8. The van der Waals surface area contributed by atoms with Crippen LogP contribution in [0, 0.1) is 0 Å². The molecule has 174 valence electrons. The van der Waals surface area contributed by atoms with E-state index >= 15 is 0 Å². The van der Waals surface area contributed by atoms with E-state index in [1.165, 1.54) is 14.2 Å². The highest BCUT2D eigenvalue weighted by Crippen LogP contribution is 2.40. The zero-order chi connectivity index (χ0) is 24.6. The van der Waals surface area contributed by atoms with Crippen molar-refractivity contribution in [1.29, 1.82) is 0 Å². The number of hydrogen-bond donors (Lipinski definition) is 1. The molecule has 4 aromatic rings. The SMILES string of the molecule is COc1ccccc1C(=O)c1[nH]c(Br)c(Br)c1-n1c(C(=O)c2ccccc2OC)cc(Br)c1Br. The fourth-order valence-corrected chi connectivity index (χ4v) is 5.33. The van der Waals surface area contributed by atoms with Crippen LogP contribution in [0.15, 0.2) is 72.7 Å². The number of nitrogens with one attached hydrogen (secondary N) is 1. The Balaban J connectivity index is 1.95. The van der Waals surface area contributed by atoms with Gasteiger partial charge in [0.25, 0.3) is 0 Å². The number of aromatic nitrogens is 2. The smallest absolute Gasteiger partial charge is 0.215 e. The van der Waals surface area contributed by atoms with Gasteiger partial charge in [-0.15, -0.1) is 0 Å². The van der Waals surface area contributed by atoms with Gasteiger partial charge in [-0.3, -0.25) is 14.2 Å². The minimum Gasteiger partial charge on any atom is -0.496 e. The molecule has 0 bridgehead atoms. The zero-order valence-corrected chi connectivity index (χ0v) is 24.1. The van der Waals surface area contributed by atoms with Crippen molar-refractivity contribution in [1.82, 2.24) is 9.55 Å². The number of hydrogen-bond acceptors (Lipinski definition) is 4. The van der Waals surface area contributed by atoms with Gasteiger partial charge in [0, 0.05) is 0 Å². The molecular formula is C24H16Br4N2O4. The van der Waals surface area contributed by atoms with Gasteiger partial charge >= 0.3 is 0 Å². The van der Waals surface area contributed by atoms with Crippen LogP contribution in [0.1, 0.15) is 32.1 Å². The van der Waals surface area contributed by atoms with Crippen LogP contribution in [0.3, 0.4) is 0 Å². The molecule has 34 heavy (non-hydrogen) atoms. The summed E-state index contributed by atoms with van der Waals surface area (Å²) in [6, 6.07) is 15.7. The summed E-state index contributed by atoms with van der Waals surface area (Å²) in [7, 11) is 3.03. The van der Waals surface area contributed by atoms with E-state index < -0.39 is 0 Å². The van der Waals surface area contributed by atoms with Crippen molar-refractivity contribution in [3.63, 3.8) is 0 Å². The standard InChI is InChI=1S/C24H16Br4N2O4/c1-33-16-9-5-3-7-12(16)21(31)15-11-14(25)24(28)30(15)20-18(26)23(27)29-19(20)22(32)13-8-4-6-10-17(13)34-2/h3-11,29H,1-2H3. The maximum atomic E-state index is 13.7. The number of H-pyrrole nitrogens is 1. The molecule has 2 aromatic heterocycles. The monoisotopic (exact) mass is 712 g/mol. The predicted molar refractivity (Wildman–Crippen MR) is 144 cm³/mol. The minimum atomic E-state index is -0.300. The zero-order valence-electron chi connectivity index (χ0n) is 17.8. The predicted octanol–water partition coefficient (Wildman–Crippen LogP) is 7.33. The molecule has 0 saturated heterocycles. The molecule has 0 aliphatic heterocycles. The topological polar surface area (TPSA) is 73.3 Å². The second-order valence-corrected chi connectivity index (χ2v) is 10.2. The van der Waals surface area contributed by atoms with Gasteiger partial charge in [0.2, 0.25) is 11.6 Å². The van der Waals surface area contributed by atoms with Crippen LogP contribution in [0.5, 0.6) is 11.5 Å². The van der Waals surface area contributed by atoms with Gasteiger partial charge in [-0.05, 0) is 94.1 Å². The van der Waals surface area contributed by atoms with Crippen molar-refractivity contribution >= 4 is 75.3 Å². The molecule has 10 heteroatoms. The third-order valence-corrected chi connectivity index (χ3v) is 8.97. The first kappa shape index (κ1) is 25.0. The summed E-state index contributed by atoms with van der Waals surface area (Å²) in [6.07, 6.45) is 0. The Hall–Kier alpha value is -2.14. The van der Waals surface area contributed by atoms with Gasteiger partial charge in [0.1, 0.15) is 21.8 Å². The average molecular weight is 716 g/mol. The van der Waals surface area contributed by atoms with Crippen LogP contribution < -0.4 is 9.47 Å². The summed E-state index contributed by atoms with van der Waals surface area (Å²) in [4.78, 5) is 30.4. The molecule has 0 radical (unpaired) electrons. The van der Waals surface area contributed by atoms with Crippen LogP contribution in [0.2, 0.25) is 0 Å². The summed E-state index contributed by atoms with van der Waals surface area (Å²) in [6.45, 7) is 0. The number of aromatic amines is 1.